The van der Waals surface area contributed by atoms with E-state index in [4.69, 9.17) is 4.42 Å². The predicted molar refractivity (Wildman–Crippen MR) is 87.3 cm³/mol. The molecule has 1 N–H and O–H groups in total. The zero-order chi connectivity index (χ0) is 14.9. The van der Waals surface area contributed by atoms with Crippen molar-refractivity contribution in [3.8, 4) is 0 Å². The summed E-state index contributed by atoms with van der Waals surface area (Å²) in [6, 6.07) is 4.35. The Morgan fingerprint density at radius 2 is 2.00 bits per heavy atom. The maximum atomic E-state index is 5.99. The second-order valence-electron chi connectivity index (χ2n) is 8.03. The summed E-state index contributed by atoms with van der Waals surface area (Å²) in [5, 5.41) is 3.68. The molecule has 118 valence electrons. The van der Waals surface area contributed by atoms with Crippen molar-refractivity contribution < 1.29 is 4.42 Å². The first-order chi connectivity index (χ1) is 10.1. The number of hydrogen-bond donors (Lipinski definition) is 1. The SMILES string of the molecule is CC(C)CC1(CNCc2ccc(C3CC3C)o2)CCCC1. The van der Waals surface area contributed by atoms with E-state index in [0.29, 0.717) is 11.3 Å². The second-order valence-corrected chi connectivity index (χ2v) is 8.03. The molecule has 0 aliphatic heterocycles. The average Bonchev–Trinajstić information content (AvgIpc) is 2.85. The van der Waals surface area contributed by atoms with Gasteiger partial charge in [0, 0.05) is 12.5 Å². The lowest BCUT2D eigenvalue weighted by Gasteiger charge is -2.31. The normalized spacial score (nSPS) is 27.4. The van der Waals surface area contributed by atoms with Crippen LogP contribution in [0.25, 0.3) is 0 Å². The molecular formula is C19H31NO. The van der Waals surface area contributed by atoms with E-state index < -0.39 is 0 Å². The monoisotopic (exact) mass is 289 g/mol. The molecular weight excluding hydrogens is 258 g/mol. The first kappa shape index (κ1) is 15.1. The Hall–Kier alpha value is -0.760. The maximum Gasteiger partial charge on any atom is 0.117 e. The topological polar surface area (TPSA) is 25.2 Å². The van der Waals surface area contributed by atoms with E-state index in [0.717, 1.165) is 30.7 Å². The molecule has 3 rings (SSSR count). The fraction of sp³-hybridized carbons (Fsp3) is 0.789. The summed E-state index contributed by atoms with van der Waals surface area (Å²) in [5.74, 6) is 4.64. The Kier molecular flexibility index (Phi) is 4.44. The average molecular weight is 289 g/mol. The lowest BCUT2D eigenvalue weighted by atomic mass is 9.78. The van der Waals surface area contributed by atoms with E-state index in [1.807, 2.05) is 0 Å². The van der Waals surface area contributed by atoms with Crippen molar-refractivity contribution in [2.24, 2.45) is 17.3 Å². The third-order valence-electron chi connectivity index (χ3n) is 5.46. The highest BCUT2D eigenvalue weighted by atomic mass is 16.3. The summed E-state index contributed by atoms with van der Waals surface area (Å²) in [6.45, 7) is 9.06. The summed E-state index contributed by atoms with van der Waals surface area (Å²) in [7, 11) is 0. The van der Waals surface area contributed by atoms with Crippen LogP contribution in [-0.4, -0.2) is 6.54 Å². The smallest absolute Gasteiger partial charge is 0.117 e. The van der Waals surface area contributed by atoms with Crippen LogP contribution in [0.15, 0.2) is 16.5 Å². The molecule has 1 aromatic rings. The molecule has 2 unspecified atom stereocenters. The minimum atomic E-state index is 0.550. The zero-order valence-electron chi connectivity index (χ0n) is 14.0. The number of rotatable bonds is 7. The molecule has 0 spiro atoms. The largest absolute Gasteiger partial charge is 0.464 e. The van der Waals surface area contributed by atoms with Gasteiger partial charge in [-0.15, -0.1) is 0 Å². The summed E-state index contributed by atoms with van der Waals surface area (Å²) >= 11 is 0. The van der Waals surface area contributed by atoms with Gasteiger partial charge in [0.05, 0.1) is 6.54 Å². The molecule has 21 heavy (non-hydrogen) atoms. The van der Waals surface area contributed by atoms with Gasteiger partial charge in [-0.05, 0) is 55.1 Å². The lowest BCUT2D eigenvalue weighted by molar-refractivity contribution is 0.221. The van der Waals surface area contributed by atoms with E-state index in [-0.39, 0.29) is 0 Å². The highest BCUT2D eigenvalue weighted by Gasteiger charge is 2.37. The van der Waals surface area contributed by atoms with Gasteiger partial charge in [-0.25, -0.2) is 0 Å². The minimum Gasteiger partial charge on any atom is -0.464 e. The van der Waals surface area contributed by atoms with Gasteiger partial charge in [-0.1, -0.05) is 33.6 Å². The fourth-order valence-electron chi connectivity index (χ4n) is 4.30. The molecule has 2 atom stereocenters. The zero-order valence-corrected chi connectivity index (χ0v) is 14.0. The Balaban J connectivity index is 1.49. The Morgan fingerprint density at radius 1 is 1.29 bits per heavy atom. The summed E-state index contributed by atoms with van der Waals surface area (Å²) in [6.07, 6.45) is 8.31. The standard InChI is InChI=1S/C19H31NO/c1-14(2)11-19(8-4-5-9-19)13-20-12-16-6-7-18(21-16)17-10-15(17)3/h6-7,14-15,17,20H,4-5,8-13H2,1-3H3. The fourth-order valence-corrected chi connectivity index (χ4v) is 4.30. The first-order valence-electron chi connectivity index (χ1n) is 8.87. The van der Waals surface area contributed by atoms with Gasteiger partial charge in [0.1, 0.15) is 11.5 Å². The van der Waals surface area contributed by atoms with Gasteiger partial charge in [0.15, 0.2) is 0 Å². The van der Waals surface area contributed by atoms with Crippen molar-refractivity contribution in [2.45, 2.75) is 71.8 Å². The van der Waals surface area contributed by atoms with Crippen molar-refractivity contribution in [3.05, 3.63) is 23.7 Å². The van der Waals surface area contributed by atoms with Crippen LogP contribution in [0.5, 0.6) is 0 Å². The number of hydrogen-bond acceptors (Lipinski definition) is 2. The quantitative estimate of drug-likeness (QED) is 0.755. The third-order valence-corrected chi connectivity index (χ3v) is 5.46. The molecule has 2 aliphatic rings. The highest BCUT2D eigenvalue weighted by molar-refractivity contribution is 5.17. The lowest BCUT2D eigenvalue weighted by Crippen LogP contribution is -2.33. The van der Waals surface area contributed by atoms with Crippen LogP contribution in [0.2, 0.25) is 0 Å². The van der Waals surface area contributed by atoms with E-state index in [1.54, 1.807) is 0 Å². The Labute approximate surface area is 129 Å². The van der Waals surface area contributed by atoms with Crippen LogP contribution in [-0.2, 0) is 6.54 Å². The van der Waals surface area contributed by atoms with Gasteiger partial charge >= 0.3 is 0 Å². The molecule has 0 aromatic carbocycles. The van der Waals surface area contributed by atoms with Crippen LogP contribution in [0.1, 0.15) is 76.7 Å². The van der Waals surface area contributed by atoms with Crippen molar-refractivity contribution in [1.82, 2.24) is 5.32 Å². The van der Waals surface area contributed by atoms with E-state index in [9.17, 15) is 0 Å². The van der Waals surface area contributed by atoms with E-state index in [2.05, 4.69) is 38.2 Å². The summed E-state index contributed by atoms with van der Waals surface area (Å²) in [4.78, 5) is 0. The van der Waals surface area contributed by atoms with Crippen LogP contribution in [0.4, 0.5) is 0 Å². The van der Waals surface area contributed by atoms with Crippen molar-refractivity contribution in [2.75, 3.05) is 6.54 Å². The molecule has 0 bridgehead atoms. The van der Waals surface area contributed by atoms with Crippen molar-refractivity contribution in [3.63, 3.8) is 0 Å². The predicted octanol–water partition coefficient (Wildman–Crippen LogP) is 5.10. The van der Waals surface area contributed by atoms with E-state index >= 15 is 0 Å². The van der Waals surface area contributed by atoms with Crippen molar-refractivity contribution >= 4 is 0 Å². The second kappa shape index (κ2) is 6.16. The first-order valence-corrected chi connectivity index (χ1v) is 8.87. The van der Waals surface area contributed by atoms with Gasteiger partial charge < -0.3 is 9.73 Å². The van der Waals surface area contributed by atoms with Gasteiger partial charge in [-0.3, -0.25) is 0 Å². The number of nitrogens with one attached hydrogen (secondary N) is 1. The minimum absolute atomic E-state index is 0.550. The summed E-state index contributed by atoms with van der Waals surface area (Å²) in [5.41, 5.74) is 0.550. The molecule has 2 fully saturated rings. The van der Waals surface area contributed by atoms with Crippen LogP contribution in [0.3, 0.4) is 0 Å². The molecule has 2 aliphatic carbocycles. The van der Waals surface area contributed by atoms with Crippen molar-refractivity contribution in [1.29, 1.82) is 0 Å². The number of furan rings is 1. The molecule has 1 aromatic heterocycles. The summed E-state index contributed by atoms with van der Waals surface area (Å²) < 4.78 is 5.99. The highest BCUT2D eigenvalue weighted by Crippen LogP contribution is 2.47. The Bertz CT molecular complexity index is 456. The Morgan fingerprint density at radius 3 is 2.62 bits per heavy atom. The maximum absolute atomic E-state index is 5.99. The van der Waals surface area contributed by atoms with Crippen LogP contribution < -0.4 is 5.32 Å². The van der Waals surface area contributed by atoms with Gasteiger partial charge in [0.2, 0.25) is 0 Å². The van der Waals surface area contributed by atoms with Gasteiger partial charge in [0.25, 0.3) is 0 Å². The van der Waals surface area contributed by atoms with Crippen LogP contribution in [0, 0.1) is 17.3 Å². The molecule has 0 amide bonds. The molecule has 2 saturated carbocycles. The van der Waals surface area contributed by atoms with E-state index in [1.165, 1.54) is 44.3 Å². The molecule has 1 heterocycles. The van der Waals surface area contributed by atoms with Crippen LogP contribution >= 0.6 is 0 Å². The molecule has 0 radical (unpaired) electrons. The molecule has 2 nitrogen and oxygen atoms in total. The molecule has 2 heteroatoms. The third kappa shape index (κ3) is 3.71. The molecule has 0 saturated heterocycles. The van der Waals surface area contributed by atoms with Gasteiger partial charge in [-0.2, -0.15) is 0 Å².